The van der Waals surface area contributed by atoms with Gasteiger partial charge in [0, 0.05) is 36.7 Å². The molecule has 16 heavy (non-hydrogen) atoms. The second-order valence-corrected chi connectivity index (χ2v) is 6.14. The average Bonchev–Trinajstić information content (AvgIpc) is 2.74. The normalized spacial score (nSPS) is 45.4. The number of likely N-dealkylation sites (N-methyl/N-ethyl adjacent to an activating group) is 1. The Balaban J connectivity index is 1.90. The number of rotatable bonds is 3. The molecule has 0 bridgehead atoms. The van der Waals surface area contributed by atoms with Gasteiger partial charge in [-0.2, -0.15) is 0 Å². The summed E-state index contributed by atoms with van der Waals surface area (Å²) in [5.74, 6) is 0. The van der Waals surface area contributed by atoms with Crippen molar-refractivity contribution < 1.29 is 5.11 Å². The first-order valence-electron chi connectivity index (χ1n) is 6.62. The highest BCUT2D eigenvalue weighted by Gasteiger charge is 2.40. The van der Waals surface area contributed by atoms with E-state index in [4.69, 9.17) is 0 Å². The van der Waals surface area contributed by atoms with Crippen LogP contribution in [-0.2, 0) is 0 Å². The second kappa shape index (κ2) is 4.63. The van der Waals surface area contributed by atoms with E-state index >= 15 is 0 Å². The predicted octanol–water partition coefficient (Wildman–Crippen LogP) is 1.22. The average molecular weight is 226 g/mol. The van der Waals surface area contributed by atoms with Crippen molar-refractivity contribution in [3.05, 3.63) is 0 Å². The Bertz CT molecular complexity index is 236. The molecule has 0 radical (unpaired) electrons. The van der Waals surface area contributed by atoms with Crippen molar-refractivity contribution in [1.82, 2.24) is 10.2 Å². The minimum absolute atomic E-state index is 0.115. The fourth-order valence-electron chi connectivity index (χ4n) is 3.31. The van der Waals surface area contributed by atoms with Gasteiger partial charge in [-0.1, -0.05) is 13.3 Å². The van der Waals surface area contributed by atoms with Crippen LogP contribution in [0.2, 0.25) is 0 Å². The summed E-state index contributed by atoms with van der Waals surface area (Å²) >= 11 is 0. The van der Waals surface area contributed by atoms with Crippen LogP contribution in [0.1, 0.15) is 39.5 Å². The van der Waals surface area contributed by atoms with Crippen LogP contribution in [0.3, 0.4) is 0 Å². The molecular formula is C13H26N2O. The molecule has 0 amide bonds. The van der Waals surface area contributed by atoms with Gasteiger partial charge < -0.3 is 15.3 Å². The van der Waals surface area contributed by atoms with E-state index in [-0.39, 0.29) is 5.41 Å². The standard InChI is InChI=1S/C13H26N2O/c1-10-7-11(8-15(10)3)14-12-5-4-6-13(12,2)9-16/h10-12,14,16H,4-9H2,1-3H3. The van der Waals surface area contributed by atoms with Gasteiger partial charge in [-0.3, -0.25) is 0 Å². The molecular weight excluding hydrogens is 200 g/mol. The summed E-state index contributed by atoms with van der Waals surface area (Å²) in [7, 11) is 2.20. The third kappa shape index (κ3) is 2.27. The van der Waals surface area contributed by atoms with Gasteiger partial charge in [-0.25, -0.2) is 0 Å². The van der Waals surface area contributed by atoms with E-state index in [1.54, 1.807) is 0 Å². The molecule has 4 unspecified atom stereocenters. The predicted molar refractivity (Wildman–Crippen MR) is 66.5 cm³/mol. The van der Waals surface area contributed by atoms with Crippen molar-refractivity contribution in [2.24, 2.45) is 5.41 Å². The zero-order valence-corrected chi connectivity index (χ0v) is 10.9. The molecule has 2 aliphatic rings. The fraction of sp³-hybridized carbons (Fsp3) is 1.00. The highest BCUT2D eigenvalue weighted by molar-refractivity contribution is 4.97. The topological polar surface area (TPSA) is 35.5 Å². The number of nitrogens with one attached hydrogen (secondary N) is 1. The number of likely N-dealkylation sites (tertiary alicyclic amines) is 1. The monoisotopic (exact) mass is 226 g/mol. The first kappa shape index (κ1) is 12.3. The molecule has 1 saturated heterocycles. The van der Waals surface area contributed by atoms with Gasteiger partial charge in [-0.05, 0) is 33.2 Å². The third-order valence-corrected chi connectivity index (χ3v) is 4.77. The number of aliphatic hydroxyl groups excluding tert-OH is 1. The smallest absolute Gasteiger partial charge is 0.0499 e. The van der Waals surface area contributed by atoms with E-state index in [1.807, 2.05) is 0 Å². The molecule has 2 N–H and O–H groups in total. The molecule has 3 nitrogen and oxygen atoms in total. The molecule has 1 heterocycles. The van der Waals surface area contributed by atoms with Crippen LogP contribution in [-0.4, -0.2) is 48.3 Å². The molecule has 0 aromatic carbocycles. The zero-order valence-electron chi connectivity index (χ0n) is 10.9. The van der Waals surface area contributed by atoms with Gasteiger partial charge in [0.2, 0.25) is 0 Å². The SMILES string of the molecule is CC1CC(NC2CCCC2(C)CO)CN1C. The van der Waals surface area contributed by atoms with Crippen molar-refractivity contribution in [3.8, 4) is 0 Å². The maximum absolute atomic E-state index is 9.52. The summed E-state index contributed by atoms with van der Waals surface area (Å²) in [5.41, 5.74) is 0.115. The molecule has 3 heteroatoms. The van der Waals surface area contributed by atoms with Crippen molar-refractivity contribution in [2.75, 3.05) is 20.2 Å². The summed E-state index contributed by atoms with van der Waals surface area (Å²) in [5, 5.41) is 13.3. The van der Waals surface area contributed by atoms with Crippen LogP contribution in [0.25, 0.3) is 0 Å². The van der Waals surface area contributed by atoms with E-state index in [0.29, 0.717) is 24.7 Å². The zero-order chi connectivity index (χ0) is 11.8. The van der Waals surface area contributed by atoms with Crippen LogP contribution in [0.15, 0.2) is 0 Å². The largest absolute Gasteiger partial charge is 0.396 e. The minimum atomic E-state index is 0.115. The summed E-state index contributed by atoms with van der Waals surface area (Å²) in [6, 6.07) is 1.83. The van der Waals surface area contributed by atoms with Gasteiger partial charge in [0.25, 0.3) is 0 Å². The molecule has 2 fully saturated rings. The Hall–Kier alpha value is -0.120. The second-order valence-electron chi connectivity index (χ2n) is 6.14. The highest BCUT2D eigenvalue weighted by atomic mass is 16.3. The molecule has 1 saturated carbocycles. The van der Waals surface area contributed by atoms with Gasteiger partial charge in [0.05, 0.1) is 0 Å². The summed E-state index contributed by atoms with van der Waals surface area (Å²) in [6.45, 7) is 5.99. The molecule has 0 aromatic rings. The van der Waals surface area contributed by atoms with Crippen molar-refractivity contribution in [1.29, 1.82) is 0 Å². The number of hydrogen-bond acceptors (Lipinski definition) is 3. The van der Waals surface area contributed by atoms with Crippen LogP contribution in [0.4, 0.5) is 0 Å². The Morgan fingerprint density at radius 1 is 1.50 bits per heavy atom. The third-order valence-electron chi connectivity index (χ3n) is 4.77. The summed E-state index contributed by atoms with van der Waals surface area (Å²) in [4.78, 5) is 2.42. The molecule has 1 aliphatic heterocycles. The van der Waals surface area contributed by atoms with Crippen molar-refractivity contribution in [2.45, 2.75) is 57.7 Å². The Morgan fingerprint density at radius 3 is 2.81 bits per heavy atom. The van der Waals surface area contributed by atoms with Gasteiger partial charge >= 0.3 is 0 Å². The first-order valence-corrected chi connectivity index (χ1v) is 6.62. The van der Waals surface area contributed by atoms with Crippen molar-refractivity contribution in [3.63, 3.8) is 0 Å². The van der Waals surface area contributed by atoms with Crippen LogP contribution in [0, 0.1) is 5.41 Å². The lowest BCUT2D eigenvalue weighted by Gasteiger charge is -2.32. The summed E-state index contributed by atoms with van der Waals surface area (Å²) in [6.07, 6.45) is 4.90. The summed E-state index contributed by atoms with van der Waals surface area (Å²) < 4.78 is 0. The quantitative estimate of drug-likeness (QED) is 0.759. The highest BCUT2D eigenvalue weighted by Crippen LogP contribution is 2.38. The lowest BCUT2D eigenvalue weighted by molar-refractivity contribution is 0.114. The molecule has 1 aliphatic carbocycles. The molecule has 0 aromatic heterocycles. The maximum atomic E-state index is 9.52. The lowest BCUT2D eigenvalue weighted by atomic mass is 9.85. The van der Waals surface area contributed by atoms with E-state index < -0.39 is 0 Å². The van der Waals surface area contributed by atoms with Crippen LogP contribution >= 0.6 is 0 Å². The number of aliphatic hydroxyl groups is 1. The molecule has 2 rings (SSSR count). The molecule has 0 spiro atoms. The van der Waals surface area contributed by atoms with E-state index in [9.17, 15) is 5.11 Å². The molecule has 94 valence electrons. The van der Waals surface area contributed by atoms with Crippen molar-refractivity contribution >= 4 is 0 Å². The maximum Gasteiger partial charge on any atom is 0.0499 e. The van der Waals surface area contributed by atoms with Gasteiger partial charge in [0.15, 0.2) is 0 Å². The van der Waals surface area contributed by atoms with Crippen LogP contribution in [0.5, 0.6) is 0 Å². The van der Waals surface area contributed by atoms with E-state index in [0.717, 1.165) is 6.54 Å². The Labute approximate surface area is 99.2 Å². The first-order chi connectivity index (χ1) is 7.55. The van der Waals surface area contributed by atoms with Crippen LogP contribution < -0.4 is 5.32 Å². The molecule has 4 atom stereocenters. The number of hydrogen-bond donors (Lipinski definition) is 2. The van der Waals surface area contributed by atoms with E-state index in [1.165, 1.54) is 25.7 Å². The van der Waals surface area contributed by atoms with E-state index in [2.05, 4.69) is 31.1 Å². The fourth-order valence-corrected chi connectivity index (χ4v) is 3.31. The lowest BCUT2D eigenvalue weighted by Crippen LogP contribution is -2.47. The number of nitrogens with zero attached hydrogens (tertiary/aromatic N) is 1. The Kier molecular flexibility index (Phi) is 3.57. The minimum Gasteiger partial charge on any atom is -0.396 e. The van der Waals surface area contributed by atoms with Gasteiger partial charge in [-0.15, -0.1) is 0 Å². The Morgan fingerprint density at radius 2 is 2.25 bits per heavy atom. The van der Waals surface area contributed by atoms with Gasteiger partial charge in [0.1, 0.15) is 0 Å².